The van der Waals surface area contributed by atoms with Gasteiger partial charge in [-0.25, -0.2) is 4.39 Å². The van der Waals surface area contributed by atoms with Gasteiger partial charge in [-0.1, -0.05) is 31.5 Å². The normalized spacial score (nSPS) is 18.0. The topological polar surface area (TPSA) is 102 Å². The summed E-state index contributed by atoms with van der Waals surface area (Å²) in [6.07, 6.45) is 0.858. The zero-order chi connectivity index (χ0) is 24.7. The highest BCUT2D eigenvalue weighted by Crippen LogP contribution is 2.32. The molecule has 184 valence electrons. The van der Waals surface area contributed by atoms with E-state index in [9.17, 15) is 9.59 Å². The third-order valence-corrected chi connectivity index (χ3v) is 5.68. The molecule has 8 nitrogen and oxygen atoms in total. The first kappa shape index (κ1) is 25.9. The van der Waals surface area contributed by atoms with Crippen molar-refractivity contribution in [2.45, 2.75) is 45.9 Å². The third kappa shape index (κ3) is 6.65. The SMILES string of the molecule is CCOCCOc1ccc(C2CC(=O)NC(c3c(Cl)ccc(CNC(=O)C(C)C)c3F)N2)nc1. The molecule has 2 atom stereocenters. The first-order valence-corrected chi connectivity index (χ1v) is 11.6. The summed E-state index contributed by atoms with van der Waals surface area (Å²) in [5.41, 5.74) is 1.01. The molecule has 1 aromatic heterocycles. The average Bonchev–Trinajstić information content (AvgIpc) is 2.81. The van der Waals surface area contributed by atoms with Gasteiger partial charge in [-0.3, -0.25) is 19.9 Å². The lowest BCUT2D eigenvalue weighted by Crippen LogP contribution is -2.47. The van der Waals surface area contributed by atoms with Crippen LogP contribution in [0.4, 0.5) is 4.39 Å². The number of carbonyl (C=O) groups excluding carboxylic acids is 2. The standard InChI is InChI=1S/C24H30ClFN4O4/c1-4-33-9-10-34-16-6-8-18(27-13-16)19-11-20(31)30-23(29-19)21-17(25)7-5-15(22(21)26)12-28-24(32)14(2)3/h5-8,13-14,19,23,29H,4,9-12H2,1-3H3,(H,28,32)(H,30,31). The molecule has 0 aliphatic carbocycles. The van der Waals surface area contributed by atoms with E-state index in [1.165, 1.54) is 6.07 Å². The number of nitrogens with zero attached hydrogens (tertiary/aromatic N) is 1. The molecule has 2 amide bonds. The Balaban J connectivity index is 1.74. The summed E-state index contributed by atoms with van der Waals surface area (Å²) in [6, 6.07) is 6.16. The molecular weight excluding hydrogens is 463 g/mol. The zero-order valence-corrected chi connectivity index (χ0v) is 20.2. The largest absolute Gasteiger partial charge is 0.490 e. The van der Waals surface area contributed by atoms with Gasteiger partial charge in [-0.05, 0) is 25.1 Å². The maximum Gasteiger partial charge on any atom is 0.223 e. The summed E-state index contributed by atoms with van der Waals surface area (Å²) < 4.78 is 26.2. The maximum absolute atomic E-state index is 15.4. The van der Waals surface area contributed by atoms with E-state index in [1.54, 1.807) is 38.2 Å². The van der Waals surface area contributed by atoms with Crippen LogP contribution in [0.15, 0.2) is 30.5 Å². The van der Waals surface area contributed by atoms with Crippen LogP contribution < -0.4 is 20.7 Å². The molecule has 3 rings (SSSR count). The number of hydrogen-bond donors (Lipinski definition) is 3. The lowest BCUT2D eigenvalue weighted by Gasteiger charge is -2.32. The number of ether oxygens (including phenoxy) is 2. The van der Waals surface area contributed by atoms with E-state index in [-0.39, 0.29) is 46.8 Å². The Kier molecular flexibility index (Phi) is 9.20. The van der Waals surface area contributed by atoms with E-state index in [2.05, 4.69) is 20.9 Å². The molecule has 0 bridgehead atoms. The van der Waals surface area contributed by atoms with E-state index in [0.29, 0.717) is 31.3 Å². The Morgan fingerprint density at radius 3 is 2.76 bits per heavy atom. The Labute approximate surface area is 203 Å². The van der Waals surface area contributed by atoms with Crippen molar-refractivity contribution in [3.63, 3.8) is 0 Å². The molecule has 10 heteroatoms. The van der Waals surface area contributed by atoms with Gasteiger partial charge in [0.05, 0.1) is 29.6 Å². The smallest absolute Gasteiger partial charge is 0.223 e. The molecule has 1 saturated heterocycles. The van der Waals surface area contributed by atoms with Crippen LogP contribution >= 0.6 is 11.6 Å². The van der Waals surface area contributed by atoms with Crippen LogP contribution in [0.5, 0.6) is 5.75 Å². The summed E-state index contributed by atoms with van der Waals surface area (Å²) in [5.74, 6) is -0.659. The summed E-state index contributed by atoms with van der Waals surface area (Å²) in [7, 11) is 0. The van der Waals surface area contributed by atoms with E-state index in [4.69, 9.17) is 21.1 Å². The first-order valence-electron chi connectivity index (χ1n) is 11.3. The number of carbonyl (C=O) groups is 2. The van der Waals surface area contributed by atoms with Crippen molar-refractivity contribution in [2.24, 2.45) is 5.92 Å². The molecule has 0 saturated carbocycles. The van der Waals surface area contributed by atoms with Crippen molar-refractivity contribution < 1.29 is 23.5 Å². The van der Waals surface area contributed by atoms with Crippen molar-refractivity contribution in [3.05, 3.63) is 58.1 Å². The lowest BCUT2D eigenvalue weighted by molar-refractivity contribution is -0.125. The van der Waals surface area contributed by atoms with Gasteiger partial charge in [0.15, 0.2) is 0 Å². The van der Waals surface area contributed by atoms with E-state index < -0.39 is 18.0 Å². The van der Waals surface area contributed by atoms with Crippen molar-refractivity contribution in [2.75, 3.05) is 19.8 Å². The van der Waals surface area contributed by atoms with Crippen molar-refractivity contribution >= 4 is 23.4 Å². The monoisotopic (exact) mass is 492 g/mol. The molecular formula is C24H30ClFN4O4. The average molecular weight is 493 g/mol. The molecule has 2 aromatic rings. The highest BCUT2D eigenvalue weighted by Gasteiger charge is 2.32. The van der Waals surface area contributed by atoms with Crippen molar-refractivity contribution in [1.82, 2.24) is 20.9 Å². The fraction of sp³-hybridized carbons (Fsp3) is 0.458. The van der Waals surface area contributed by atoms with E-state index in [0.717, 1.165) is 0 Å². The number of amides is 2. The van der Waals surface area contributed by atoms with Crippen LogP contribution in [0, 0.1) is 11.7 Å². The number of rotatable bonds is 10. The molecule has 1 fully saturated rings. The molecule has 2 unspecified atom stereocenters. The second-order valence-corrected chi connectivity index (χ2v) is 8.60. The molecule has 2 heterocycles. The minimum Gasteiger partial charge on any atom is -0.490 e. The number of pyridine rings is 1. The minimum absolute atomic E-state index is 0.0173. The Hall–Kier alpha value is -2.75. The van der Waals surface area contributed by atoms with Gasteiger partial charge < -0.3 is 20.1 Å². The van der Waals surface area contributed by atoms with Gasteiger partial charge in [0.25, 0.3) is 0 Å². The summed E-state index contributed by atoms with van der Waals surface area (Å²) in [5, 5.41) is 8.84. The van der Waals surface area contributed by atoms with Crippen LogP contribution in [0.2, 0.25) is 5.02 Å². The van der Waals surface area contributed by atoms with Gasteiger partial charge in [0, 0.05) is 36.6 Å². The van der Waals surface area contributed by atoms with Gasteiger partial charge in [0.2, 0.25) is 11.8 Å². The number of hydrogen-bond acceptors (Lipinski definition) is 6. The van der Waals surface area contributed by atoms with Crippen LogP contribution in [0.1, 0.15) is 56.2 Å². The second-order valence-electron chi connectivity index (χ2n) is 8.19. The maximum atomic E-state index is 15.4. The molecule has 1 aliphatic heterocycles. The third-order valence-electron chi connectivity index (χ3n) is 5.35. The highest BCUT2D eigenvalue weighted by atomic mass is 35.5. The molecule has 1 aromatic carbocycles. The molecule has 3 N–H and O–H groups in total. The minimum atomic E-state index is -0.858. The van der Waals surface area contributed by atoms with Crippen LogP contribution in [0.3, 0.4) is 0 Å². The van der Waals surface area contributed by atoms with E-state index in [1.807, 2.05) is 6.92 Å². The zero-order valence-electron chi connectivity index (χ0n) is 19.5. The molecule has 34 heavy (non-hydrogen) atoms. The lowest BCUT2D eigenvalue weighted by atomic mass is 10.0. The summed E-state index contributed by atoms with van der Waals surface area (Å²) in [6.45, 7) is 6.96. The first-order chi connectivity index (χ1) is 16.3. The second kappa shape index (κ2) is 12.1. The fourth-order valence-corrected chi connectivity index (χ4v) is 3.76. The number of aromatic nitrogens is 1. The van der Waals surface area contributed by atoms with Crippen molar-refractivity contribution in [1.29, 1.82) is 0 Å². The Morgan fingerprint density at radius 2 is 2.09 bits per heavy atom. The molecule has 0 spiro atoms. The van der Waals surface area contributed by atoms with Crippen LogP contribution in [0.25, 0.3) is 0 Å². The number of halogens is 2. The van der Waals surface area contributed by atoms with Crippen LogP contribution in [-0.2, 0) is 20.9 Å². The van der Waals surface area contributed by atoms with Crippen molar-refractivity contribution in [3.8, 4) is 5.75 Å². The Bertz CT molecular complexity index is 1000. The fourth-order valence-electron chi connectivity index (χ4n) is 3.50. The molecule has 1 aliphatic rings. The summed E-state index contributed by atoms with van der Waals surface area (Å²) >= 11 is 6.32. The summed E-state index contributed by atoms with van der Waals surface area (Å²) in [4.78, 5) is 28.8. The van der Waals surface area contributed by atoms with Gasteiger partial charge in [0.1, 0.15) is 24.3 Å². The van der Waals surface area contributed by atoms with Crippen LogP contribution in [-0.4, -0.2) is 36.6 Å². The Morgan fingerprint density at radius 1 is 1.29 bits per heavy atom. The van der Waals surface area contributed by atoms with Gasteiger partial charge >= 0.3 is 0 Å². The number of benzene rings is 1. The number of nitrogens with one attached hydrogen (secondary N) is 3. The predicted octanol–water partition coefficient (Wildman–Crippen LogP) is 3.41. The molecule has 0 radical (unpaired) electrons. The highest BCUT2D eigenvalue weighted by molar-refractivity contribution is 6.31. The van der Waals surface area contributed by atoms with Gasteiger partial charge in [-0.2, -0.15) is 0 Å². The van der Waals surface area contributed by atoms with Gasteiger partial charge in [-0.15, -0.1) is 0 Å². The van der Waals surface area contributed by atoms with E-state index >= 15 is 4.39 Å². The predicted molar refractivity (Wildman–Crippen MR) is 126 cm³/mol. The quantitative estimate of drug-likeness (QED) is 0.439.